The summed E-state index contributed by atoms with van der Waals surface area (Å²) in [6.07, 6.45) is 1.47. The normalized spacial score (nSPS) is 10.5. The van der Waals surface area contributed by atoms with E-state index < -0.39 is 5.97 Å². The van der Waals surface area contributed by atoms with Crippen LogP contribution in [0.2, 0.25) is 0 Å². The van der Waals surface area contributed by atoms with Crippen LogP contribution in [0.4, 0.5) is 0 Å². The van der Waals surface area contributed by atoms with Gasteiger partial charge < -0.3 is 14.2 Å². The second-order valence-corrected chi connectivity index (χ2v) is 6.35. The van der Waals surface area contributed by atoms with Crippen LogP contribution in [0.25, 0.3) is 0 Å². The standard InChI is InChI=1S/C24H22N2O5/c1-3-30-21-13-7-18(8-14-21)23(27)26-25-16-17-5-4-6-22(15-17)31-24(28)19-9-11-20(29-2)12-10-19/h4-16H,3H2,1-2H3,(H,26,27)/b25-16+. The molecule has 0 aliphatic heterocycles. The molecule has 158 valence electrons. The molecule has 0 saturated carbocycles. The summed E-state index contributed by atoms with van der Waals surface area (Å²) in [7, 11) is 1.56. The predicted octanol–water partition coefficient (Wildman–Crippen LogP) is 4.08. The third-order valence-electron chi connectivity index (χ3n) is 4.20. The molecular formula is C24H22N2O5. The van der Waals surface area contributed by atoms with E-state index in [1.54, 1.807) is 79.9 Å². The van der Waals surface area contributed by atoms with E-state index >= 15 is 0 Å². The lowest BCUT2D eigenvalue weighted by molar-refractivity contribution is 0.0734. The summed E-state index contributed by atoms with van der Waals surface area (Å²) in [6, 6.07) is 20.2. The van der Waals surface area contributed by atoms with Crippen molar-refractivity contribution in [3.63, 3.8) is 0 Å². The molecule has 0 unspecified atom stereocenters. The predicted molar refractivity (Wildman–Crippen MR) is 117 cm³/mol. The van der Waals surface area contributed by atoms with E-state index in [9.17, 15) is 9.59 Å². The van der Waals surface area contributed by atoms with Gasteiger partial charge in [-0.2, -0.15) is 5.10 Å². The van der Waals surface area contributed by atoms with Crippen LogP contribution >= 0.6 is 0 Å². The van der Waals surface area contributed by atoms with Gasteiger partial charge in [0.1, 0.15) is 17.2 Å². The molecule has 0 spiro atoms. The molecule has 1 N–H and O–H groups in total. The van der Waals surface area contributed by atoms with Gasteiger partial charge in [-0.3, -0.25) is 4.79 Å². The summed E-state index contributed by atoms with van der Waals surface area (Å²) in [5, 5.41) is 3.96. The van der Waals surface area contributed by atoms with Crippen molar-refractivity contribution in [3.8, 4) is 17.2 Å². The molecule has 3 aromatic rings. The molecule has 3 rings (SSSR count). The molecule has 0 aromatic heterocycles. The summed E-state index contributed by atoms with van der Waals surface area (Å²) in [6.45, 7) is 2.45. The van der Waals surface area contributed by atoms with E-state index in [4.69, 9.17) is 14.2 Å². The third-order valence-corrected chi connectivity index (χ3v) is 4.20. The smallest absolute Gasteiger partial charge is 0.343 e. The maximum atomic E-state index is 12.3. The Bertz CT molecular complexity index is 1060. The number of hydrazone groups is 1. The SMILES string of the molecule is CCOc1ccc(C(=O)N/N=C/c2cccc(OC(=O)c3ccc(OC)cc3)c2)cc1. The van der Waals surface area contributed by atoms with Crippen molar-refractivity contribution in [2.45, 2.75) is 6.92 Å². The zero-order valence-corrected chi connectivity index (χ0v) is 17.2. The molecule has 0 aliphatic rings. The number of nitrogens with one attached hydrogen (secondary N) is 1. The quantitative estimate of drug-likeness (QED) is 0.258. The van der Waals surface area contributed by atoms with Gasteiger partial charge in [-0.15, -0.1) is 0 Å². The fraction of sp³-hybridized carbons (Fsp3) is 0.125. The molecule has 3 aromatic carbocycles. The largest absolute Gasteiger partial charge is 0.497 e. The molecule has 0 fully saturated rings. The number of nitrogens with zero attached hydrogens (tertiary/aromatic N) is 1. The minimum absolute atomic E-state index is 0.346. The number of carbonyl (C=O) groups excluding carboxylic acids is 2. The number of methoxy groups -OCH3 is 1. The summed E-state index contributed by atoms with van der Waals surface area (Å²) >= 11 is 0. The van der Waals surface area contributed by atoms with Crippen molar-refractivity contribution in [3.05, 3.63) is 89.5 Å². The highest BCUT2D eigenvalue weighted by molar-refractivity contribution is 5.95. The van der Waals surface area contributed by atoms with Crippen LogP contribution in [0.1, 0.15) is 33.2 Å². The molecule has 0 atom stereocenters. The third kappa shape index (κ3) is 6.17. The molecule has 31 heavy (non-hydrogen) atoms. The zero-order valence-electron chi connectivity index (χ0n) is 17.2. The average molecular weight is 418 g/mol. The summed E-state index contributed by atoms with van der Waals surface area (Å²) in [4.78, 5) is 24.5. The first-order valence-corrected chi connectivity index (χ1v) is 9.61. The number of benzene rings is 3. The monoisotopic (exact) mass is 418 g/mol. The Labute approximate surface area is 180 Å². The number of ether oxygens (including phenoxy) is 3. The number of hydrogen-bond donors (Lipinski definition) is 1. The van der Waals surface area contributed by atoms with Gasteiger partial charge in [0.25, 0.3) is 5.91 Å². The topological polar surface area (TPSA) is 86.2 Å². The van der Waals surface area contributed by atoms with Gasteiger partial charge in [0.05, 0.1) is 25.5 Å². The van der Waals surface area contributed by atoms with Crippen molar-refractivity contribution >= 4 is 18.1 Å². The first-order valence-electron chi connectivity index (χ1n) is 9.61. The Balaban J connectivity index is 1.58. The summed E-state index contributed by atoms with van der Waals surface area (Å²) in [5.74, 6) is 0.884. The van der Waals surface area contributed by atoms with Crippen LogP contribution in [-0.4, -0.2) is 31.8 Å². The van der Waals surface area contributed by atoms with Gasteiger partial charge in [-0.1, -0.05) is 12.1 Å². The molecular weight excluding hydrogens is 396 g/mol. The minimum atomic E-state index is -0.486. The molecule has 7 nitrogen and oxygen atoms in total. The van der Waals surface area contributed by atoms with Crippen LogP contribution in [0.5, 0.6) is 17.2 Å². The Morgan fingerprint density at radius 1 is 0.903 bits per heavy atom. The number of carbonyl (C=O) groups is 2. The lowest BCUT2D eigenvalue weighted by atomic mass is 10.2. The molecule has 0 radical (unpaired) electrons. The van der Waals surface area contributed by atoms with Gasteiger partial charge in [-0.05, 0) is 73.2 Å². The molecule has 1 amide bonds. The fourth-order valence-corrected chi connectivity index (χ4v) is 2.65. The minimum Gasteiger partial charge on any atom is -0.497 e. The average Bonchev–Trinajstić information content (AvgIpc) is 2.80. The summed E-state index contributed by atoms with van der Waals surface area (Å²) in [5.41, 5.74) is 3.99. The van der Waals surface area contributed by atoms with Crippen molar-refractivity contribution in [2.24, 2.45) is 5.10 Å². The van der Waals surface area contributed by atoms with Crippen molar-refractivity contribution in [1.29, 1.82) is 0 Å². The van der Waals surface area contributed by atoms with Crippen LogP contribution in [0, 0.1) is 0 Å². The highest BCUT2D eigenvalue weighted by Crippen LogP contribution is 2.17. The van der Waals surface area contributed by atoms with E-state index in [0.717, 1.165) is 0 Å². The lowest BCUT2D eigenvalue weighted by Crippen LogP contribution is -2.17. The second kappa shape index (κ2) is 10.6. The van der Waals surface area contributed by atoms with Gasteiger partial charge >= 0.3 is 5.97 Å². The second-order valence-electron chi connectivity index (χ2n) is 6.35. The van der Waals surface area contributed by atoms with Crippen molar-refractivity contribution < 1.29 is 23.8 Å². The molecule has 0 saturated heterocycles. The number of rotatable bonds is 8. The van der Waals surface area contributed by atoms with Gasteiger partial charge in [0, 0.05) is 5.56 Å². The summed E-state index contributed by atoms with van der Waals surface area (Å²) < 4.78 is 15.8. The van der Waals surface area contributed by atoms with Gasteiger partial charge in [0.15, 0.2) is 0 Å². The Hall–Kier alpha value is -4.13. The van der Waals surface area contributed by atoms with Crippen molar-refractivity contribution in [1.82, 2.24) is 5.43 Å². The lowest BCUT2D eigenvalue weighted by Gasteiger charge is -2.06. The van der Waals surface area contributed by atoms with Crippen molar-refractivity contribution in [2.75, 3.05) is 13.7 Å². The van der Waals surface area contributed by atoms with Crippen LogP contribution in [0.3, 0.4) is 0 Å². The highest BCUT2D eigenvalue weighted by Gasteiger charge is 2.09. The fourth-order valence-electron chi connectivity index (χ4n) is 2.65. The van der Waals surface area contributed by atoms with E-state index in [-0.39, 0.29) is 5.91 Å². The number of hydrogen-bond acceptors (Lipinski definition) is 6. The first kappa shape index (κ1) is 21.6. The Morgan fingerprint density at radius 3 is 2.26 bits per heavy atom. The Kier molecular flexibility index (Phi) is 7.37. The van der Waals surface area contributed by atoms with E-state index in [0.29, 0.717) is 40.5 Å². The van der Waals surface area contributed by atoms with Gasteiger partial charge in [0.2, 0.25) is 0 Å². The van der Waals surface area contributed by atoms with E-state index in [1.165, 1.54) is 6.21 Å². The number of amides is 1. The highest BCUT2D eigenvalue weighted by atomic mass is 16.5. The Morgan fingerprint density at radius 2 is 1.58 bits per heavy atom. The van der Waals surface area contributed by atoms with Crippen LogP contribution in [-0.2, 0) is 0 Å². The molecule has 7 heteroatoms. The molecule has 0 aliphatic carbocycles. The number of esters is 1. The van der Waals surface area contributed by atoms with Gasteiger partial charge in [-0.25, -0.2) is 10.2 Å². The first-order chi connectivity index (χ1) is 15.1. The molecule has 0 bridgehead atoms. The molecule has 0 heterocycles. The maximum absolute atomic E-state index is 12.3. The van der Waals surface area contributed by atoms with Crippen LogP contribution in [0.15, 0.2) is 77.9 Å². The maximum Gasteiger partial charge on any atom is 0.343 e. The van der Waals surface area contributed by atoms with E-state index in [2.05, 4.69) is 10.5 Å². The van der Waals surface area contributed by atoms with E-state index in [1.807, 2.05) is 6.92 Å². The zero-order chi connectivity index (χ0) is 22.1. The van der Waals surface area contributed by atoms with Crippen LogP contribution < -0.4 is 19.6 Å².